The molecule has 0 radical (unpaired) electrons. The lowest BCUT2D eigenvalue weighted by molar-refractivity contribution is 0.0372. The summed E-state index contributed by atoms with van der Waals surface area (Å²) in [6, 6.07) is 4.38. The molecule has 1 aromatic rings. The van der Waals surface area contributed by atoms with Crippen LogP contribution in [0.1, 0.15) is 17.7 Å². The summed E-state index contributed by atoms with van der Waals surface area (Å²) in [5, 5.41) is 2.16. The topological polar surface area (TPSA) is 12.5 Å². The molecule has 15 heavy (non-hydrogen) atoms. The minimum atomic E-state index is 0.922. The molecule has 0 atom stereocenters. The molecule has 2 heterocycles. The fraction of sp³-hybridized carbons (Fsp3) is 0.667. The molecular weight excluding hydrogens is 206 g/mol. The van der Waals surface area contributed by atoms with Gasteiger partial charge in [0.15, 0.2) is 0 Å². The fourth-order valence-electron chi connectivity index (χ4n) is 1.91. The Balaban J connectivity index is 1.54. The van der Waals surface area contributed by atoms with Gasteiger partial charge in [-0.15, -0.1) is 11.3 Å². The molecule has 1 fully saturated rings. The summed E-state index contributed by atoms with van der Waals surface area (Å²) in [6.07, 6.45) is 3.89. The van der Waals surface area contributed by atoms with Crippen molar-refractivity contribution >= 4 is 11.3 Å². The number of ether oxygens (including phenoxy) is 1. The van der Waals surface area contributed by atoms with Crippen molar-refractivity contribution in [3.8, 4) is 0 Å². The molecule has 2 rings (SSSR count). The predicted octanol–water partition coefficient (Wildman–Crippen LogP) is 2.40. The largest absolute Gasteiger partial charge is 0.379 e. The van der Waals surface area contributed by atoms with Crippen LogP contribution in [0.4, 0.5) is 0 Å². The molecule has 0 bridgehead atoms. The lowest BCUT2D eigenvalue weighted by Crippen LogP contribution is -2.36. The zero-order valence-electron chi connectivity index (χ0n) is 9.15. The first-order valence-corrected chi connectivity index (χ1v) is 6.65. The van der Waals surface area contributed by atoms with Gasteiger partial charge in [-0.1, -0.05) is 6.07 Å². The van der Waals surface area contributed by atoms with Crippen molar-refractivity contribution in [2.75, 3.05) is 32.8 Å². The first kappa shape index (κ1) is 11.1. The van der Waals surface area contributed by atoms with Gasteiger partial charge in [-0.05, 0) is 37.3 Å². The highest BCUT2D eigenvalue weighted by Crippen LogP contribution is 2.12. The summed E-state index contributed by atoms with van der Waals surface area (Å²) in [5.74, 6) is 0. The second-order valence-corrected chi connectivity index (χ2v) is 5.02. The fourth-order valence-corrected chi connectivity index (χ4v) is 2.67. The van der Waals surface area contributed by atoms with Crippen LogP contribution in [-0.2, 0) is 11.2 Å². The number of thiophene rings is 1. The van der Waals surface area contributed by atoms with E-state index in [0.717, 1.165) is 26.3 Å². The monoisotopic (exact) mass is 225 g/mol. The summed E-state index contributed by atoms with van der Waals surface area (Å²) >= 11 is 1.88. The molecule has 0 aliphatic carbocycles. The van der Waals surface area contributed by atoms with Crippen molar-refractivity contribution in [1.82, 2.24) is 4.90 Å². The predicted molar refractivity (Wildman–Crippen MR) is 64.5 cm³/mol. The molecule has 1 aromatic heterocycles. The number of nitrogens with zero attached hydrogens (tertiary/aromatic N) is 1. The van der Waals surface area contributed by atoms with E-state index in [1.165, 1.54) is 30.7 Å². The molecule has 1 aliphatic heterocycles. The van der Waals surface area contributed by atoms with E-state index in [9.17, 15) is 0 Å². The van der Waals surface area contributed by atoms with E-state index in [-0.39, 0.29) is 0 Å². The minimum Gasteiger partial charge on any atom is -0.379 e. The van der Waals surface area contributed by atoms with E-state index in [0.29, 0.717) is 0 Å². The van der Waals surface area contributed by atoms with Crippen molar-refractivity contribution in [3.05, 3.63) is 22.4 Å². The van der Waals surface area contributed by atoms with Crippen LogP contribution < -0.4 is 0 Å². The molecule has 1 aliphatic rings. The highest BCUT2D eigenvalue weighted by Gasteiger charge is 2.08. The lowest BCUT2D eigenvalue weighted by atomic mass is 10.2. The van der Waals surface area contributed by atoms with E-state index in [1.807, 2.05) is 11.3 Å². The first-order chi connectivity index (χ1) is 7.45. The van der Waals surface area contributed by atoms with Gasteiger partial charge >= 0.3 is 0 Å². The van der Waals surface area contributed by atoms with Crippen molar-refractivity contribution in [2.24, 2.45) is 0 Å². The maximum atomic E-state index is 5.32. The molecule has 2 nitrogen and oxygen atoms in total. The maximum Gasteiger partial charge on any atom is 0.0594 e. The van der Waals surface area contributed by atoms with Crippen molar-refractivity contribution in [2.45, 2.75) is 19.3 Å². The van der Waals surface area contributed by atoms with Gasteiger partial charge in [0.1, 0.15) is 0 Å². The minimum absolute atomic E-state index is 0.922. The van der Waals surface area contributed by atoms with E-state index >= 15 is 0 Å². The van der Waals surface area contributed by atoms with Crippen molar-refractivity contribution < 1.29 is 4.74 Å². The number of unbranched alkanes of at least 4 members (excludes halogenated alkanes) is 1. The second kappa shape index (κ2) is 6.26. The Hall–Kier alpha value is -0.380. The van der Waals surface area contributed by atoms with Crippen LogP contribution >= 0.6 is 11.3 Å². The number of hydrogen-bond acceptors (Lipinski definition) is 3. The molecule has 0 amide bonds. The van der Waals surface area contributed by atoms with E-state index in [2.05, 4.69) is 22.4 Å². The number of aryl methyl sites for hydroxylation is 1. The third kappa shape index (κ3) is 3.93. The number of morpholine rings is 1. The molecule has 3 heteroatoms. The Kier molecular flexibility index (Phi) is 4.64. The van der Waals surface area contributed by atoms with Gasteiger partial charge in [0, 0.05) is 18.0 Å². The second-order valence-electron chi connectivity index (χ2n) is 3.99. The van der Waals surface area contributed by atoms with Crippen LogP contribution in [0.15, 0.2) is 17.5 Å². The Morgan fingerprint density at radius 1 is 1.27 bits per heavy atom. The highest BCUT2D eigenvalue weighted by molar-refractivity contribution is 7.09. The van der Waals surface area contributed by atoms with E-state index in [4.69, 9.17) is 4.74 Å². The lowest BCUT2D eigenvalue weighted by Gasteiger charge is -2.26. The van der Waals surface area contributed by atoms with Crippen molar-refractivity contribution in [1.29, 1.82) is 0 Å². The Morgan fingerprint density at radius 2 is 2.13 bits per heavy atom. The molecular formula is C12H19NOS. The summed E-state index contributed by atoms with van der Waals surface area (Å²) in [7, 11) is 0. The van der Waals surface area contributed by atoms with Gasteiger partial charge in [0.25, 0.3) is 0 Å². The van der Waals surface area contributed by atoms with Gasteiger partial charge in [-0.2, -0.15) is 0 Å². The first-order valence-electron chi connectivity index (χ1n) is 5.77. The molecule has 84 valence electrons. The third-order valence-electron chi connectivity index (χ3n) is 2.83. The normalized spacial score (nSPS) is 18.1. The van der Waals surface area contributed by atoms with Crippen LogP contribution in [0.25, 0.3) is 0 Å². The van der Waals surface area contributed by atoms with Gasteiger partial charge in [0.05, 0.1) is 13.2 Å². The van der Waals surface area contributed by atoms with Crippen LogP contribution in [-0.4, -0.2) is 37.7 Å². The average molecular weight is 225 g/mol. The number of rotatable bonds is 5. The Bertz CT molecular complexity index is 255. The van der Waals surface area contributed by atoms with Gasteiger partial charge in [-0.3, -0.25) is 4.90 Å². The summed E-state index contributed by atoms with van der Waals surface area (Å²) in [5.41, 5.74) is 0. The van der Waals surface area contributed by atoms with Gasteiger partial charge in [-0.25, -0.2) is 0 Å². The zero-order valence-corrected chi connectivity index (χ0v) is 9.97. The highest BCUT2D eigenvalue weighted by atomic mass is 32.1. The standard InChI is InChI=1S/C12H19NOS/c1(4-12-5-3-11-15-12)2-6-13-7-9-14-10-8-13/h3,5,11H,1-2,4,6-10H2. The van der Waals surface area contributed by atoms with Crippen LogP contribution in [0.2, 0.25) is 0 Å². The SMILES string of the molecule is c1csc(CCCCN2CCOCC2)c1. The zero-order chi connectivity index (χ0) is 10.3. The van der Waals surface area contributed by atoms with Crippen LogP contribution in [0.3, 0.4) is 0 Å². The van der Waals surface area contributed by atoms with E-state index < -0.39 is 0 Å². The maximum absolute atomic E-state index is 5.32. The Labute approximate surface area is 95.9 Å². The molecule has 0 N–H and O–H groups in total. The van der Waals surface area contributed by atoms with E-state index in [1.54, 1.807) is 0 Å². The van der Waals surface area contributed by atoms with Gasteiger partial charge in [0.2, 0.25) is 0 Å². The Morgan fingerprint density at radius 3 is 2.87 bits per heavy atom. The smallest absolute Gasteiger partial charge is 0.0594 e. The van der Waals surface area contributed by atoms with Crippen LogP contribution in [0, 0.1) is 0 Å². The average Bonchev–Trinajstić information content (AvgIpc) is 2.79. The molecule has 0 saturated carbocycles. The van der Waals surface area contributed by atoms with Crippen LogP contribution in [0.5, 0.6) is 0 Å². The summed E-state index contributed by atoms with van der Waals surface area (Å²) < 4.78 is 5.32. The molecule has 1 saturated heterocycles. The molecule has 0 unspecified atom stereocenters. The number of hydrogen-bond donors (Lipinski definition) is 0. The third-order valence-corrected chi connectivity index (χ3v) is 3.77. The quantitative estimate of drug-likeness (QED) is 0.714. The summed E-state index contributed by atoms with van der Waals surface area (Å²) in [6.45, 7) is 5.34. The molecule has 0 aromatic carbocycles. The van der Waals surface area contributed by atoms with Crippen molar-refractivity contribution in [3.63, 3.8) is 0 Å². The van der Waals surface area contributed by atoms with Gasteiger partial charge < -0.3 is 4.74 Å². The molecule has 0 spiro atoms. The summed E-state index contributed by atoms with van der Waals surface area (Å²) in [4.78, 5) is 4.04.